The molecule has 1 heterocycles. The first-order valence-corrected chi connectivity index (χ1v) is 11.9. The van der Waals surface area contributed by atoms with Crippen molar-refractivity contribution in [2.45, 2.75) is 22.0 Å². The molecule has 0 aliphatic rings. The van der Waals surface area contributed by atoms with Crippen molar-refractivity contribution < 1.29 is 26.2 Å². The summed E-state index contributed by atoms with van der Waals surface area (Å²) in [4.78, 5) is 16.1. The molecule has 0 saturated heterocycles. The molecule has 30 heavy (non-hydrogen) atoms. The number of sulfone groups is 1. The van der Waals surface area contributed by atoms with Crippen LogP contribution in [0.1, 0.15) is 22.1 Å². The second-order valence-electron chi connectivity index (χ2n) is 6.28. The molecule has 0 radical (unpaired) electrons. The second-order valence-corrected chi connectivity index (χ2v) is 9.83. The number of hydrogen-bond acceptors (Lipinski definition) is 8. The predicted molar refractivity (Wildman–Crippen MR) is 105 cm³/mol. The number of nitrogens with zero attached hydrogens (tertiary/aromatic N) is 2. The van der Waals surface area contributed by atoms with Gasteiger partial charge in [-0.1, -0.05) is 35.5 Å². The summed E-state index contributed by atoms with van der Waals surface area (Å²) in [6.45, 7) is 0.216. The van der Waals surface area contributed by atoms with Crippen LogP contribution in [0.5, 0.6) is 0 Å². The summed E-state index contributed by atoms with van der Waals surface area (Å²) in [6, 6.07) is 13.8. The zero-order valence-electron chi connectivity index (χ0n) is 15.6. The fraction of sp³-hybridized carbons (Fsp3) is 0.167. The van der Waals surface area contributed by atoms with Crippen LogP contribution in [0.25, 0.3) is 0 Å². The number of nitrogens with one attached hydrogen (secondary N) is 1. The molecule has 0 spiro atoms. The van der Waals surface area contributed by atoms with Crippen LogP contribution in [-0.2, 0) is 32.0 Å². The minimum absolute atomic E-state index is 0.000806. The van der Waals surface area contributed by atoms with Gasteiger partial charge in [0.2, 0.25) is 10.0 Å². The molecule has 3 rings (SSSR count). The zero-order valence-corrected chi connectivity index (χ0v) is 17.2. The SMILES string of the molecule is NS(=O)(=O)c1ccc(CCNC(=O)c2nc(CS(=O)(=O)c3ccccc3)no2)cc1. The van der Waals surface area contributed by atoms with Crippen molar-refractivity contribution in [2.24, 2.45) is 5.14 Å². The van der Waals surface area contributed by atoms with Crippen molar-refractivity contribution in [3.8, 4) is 0 Å². The van der Waals surface area contributed by atoms with Crippen LogP contribution in [0.15, 0.2) is 68.9 Å². The Labute approximate surface area is 173 Å². The highest BCUT2D eigenvalue weighted by molar-refractivity contribution is 7.90. The summed E-state index contributed by atoms with van der Waals surface area (Å²) in [7, 11) is -7.42. The van der Waals surface area contributed by atoms with E-state index < -0.39 is 31.5 Å². The molecule has 158 valence electrons. The lowest BCUT2D eigenvalue weighted by Crippen LogP contribution is -2.26. The number of hydrogen-bond donors (Lipinski definition) is 2. The lowest BCUT2D eigenvalue weighted by atomic mass is 10.1. The first-order chi connectivity index (χ1) is 14.1. The number of carbonyl (C=O) groups excluding carboxylic acids is 1. The van der Waals surface area contributed by atoms with Crippen LogP contribution in [0.3, 0.4) is 0 Å². The molecule has 0 unspecified atom stereocenters. The Hall–Kier alpha value is -3.09. The van der Waals surface area contributed by atoms with Crippen LogP contribution >= 0.6 is 0 Å². The fourth-order valence-electron chi connectivity index (χ4n) is 2.53. The lowest BCUT2D eigenvalue weighted by Gasteiger charge is -2.04. The Morgan fingerprint density at radius 2 is 1.63 bits per heavy atom. The van der Waals surface area contributed by atoms with Gasteiger partial charge in [0.1, 0.15) is 5.75 Å². The fourth-order valence-corrected chi connectivity index (χ4v) is 4.24. The summed E-state index contributed by atoms with van der Waals surface area (Å²) in [5.74, 6) is -1.61. The molecule has 0 saturated carbocycles. The summed E-state index contributed by atoms with van der Waals surface area (Å²) in [6.07, 6.45) is 0.417. The molecule has 2 aromatic carbocycles. The van der Waals surface area contributed by atoms with E-state index >= 15 is 0 Å². The van der Waals surface area contributed by atoms with Gasteiger partial charge >= 0.3 is 11.8 Å². The lowest BCUT2D eigenvalue weighted by molar-refractivity contribution is 0.0910. The minimum Gasteiger partial charge on any atom is -0.347 e. The van der Waals surface area contributed by atoms with Crippen LogP contribution in [-0.4, -0.2) is 39.4 Å². The molecular weight excluding hydrogens is 432 g/mol. The third-order valence-corrected chi connectivity index (χ3v) is 6.59. The molecule has 3 N–H and O–H groups in total. The molecule has 0 aliphatic carbocycles. The zero-order chi connectivity index (χ0) is 21.8. The molecule has 0 atom stereocenters. The molecule has 12 heteroatoms. The van der Waals surface area contributed by atoms with Crippen LogP contribution in [0.2, 0.25) is 0 Å². The predicted octanol–water partition coefficient (Wildman–Crippen LogP) is 0.663. The summed E-state index contributed by atoms with van der Waals surface area (Å²) in [5.41, 5.74) is 0.780. The van der Waals surface area contributed by atoms with Crippen molar-refractivity contribution in [3.63, 3.8) is 0 Å². The van der Waals surface area contributed by atoms with Crippen molar-refractivity contribution in [1.29, 1.82) is 0 Å². The number of amides is 1. The molecule has 0 bridgehead atoms. The third-order valence-electron chi connectivity index (χ3n) is 4.03. The van der Waals surface area contributed by atoms with Gasteiger partial charge in [-0.15, -0.1) is 0 Å². The van der Waals surface area contributed by atoms with Gasteiger partial charge in [0, 0.05) is 6.54 Å². The maximum atomic E-state index is 12.3. The minimum atomic E-state index is -3.76. The third kappa shape index (κ3) is 5.49. The smallest absolute Gasteiger partial charge is 0.315 e. The first-order valence-electron chi connectivity index (χ1n) is 8.65. The number of aromatic nitrogens is 2. The van der Waals surface area contributed by atoms with E-state index in [1.807, 2.05) is 0 Å². The van der Waals surface area contributed by atoms with E-state index in [2.05, 4.69) is 15.5 Å². The number of primary sulfonamides is 1. The van der Waals surface area contributed by atoms with Gasteiger partial charge < -0.3 is 9.84 Å². The molecule has 3 aromatic rings. The monoisotopic (exact) mass is 450 g/mol. The standard InChI is InChI=1S/C18H18N4O6S2/c19-30(26,27)15-8-6-13(7-9-15)10-11-20-17(23)18-21-16(22-28-18)12-29(24,25)14-4-2-1-3-5-14/h1-9H,10-12H2,(H,20,23)(H2,19,26,27). The van der Waals surface area contributed by atoms with Gasteiger partial charge in [-0.2, -0.15) is 4.98 Å². The molecule has 0 fully saturated rings. The maximum absolute atomic E-state index is 12.3. The average molecular weight is 450 g/mol. The average Bonchev–Trinajstić information content (AvgIpc) is 3.16. The number of carbonyl (C=O) groups is 1. The summed E-state index contributed by atoms with van der Waals surface area (Å²) >= 11 is 0. The highest BCUT2D eigenvalue weighted by atomic mass is 32.2. The van der Waals surface area contributed by atoms with E-state index in [0.29, 0.717) is 6.42 Å². The van der Waals surface area contributed by atoms with Crippen molar-refractivity contribution >= 4 is 25.8 Å². The van der Waals surface area contributed by atoms with E-state index in [9.17, 15) is 21.6 Å². The van der Waals surface area contributed by atoms with E-state index in [-0.39, 0.29) is 28.1 Å². The topological polar surface area (TPSA) is 162 Å². The number of benzene rings is 2. The molecular formula is C18H18N4O6S2. The van der Waals surface area contributed by atoms with Crippen LogP contribution < -0.4 is 10.5 Å². The van der Waals surface area contributed by atoms with Gasteiger partial charge in [-0.3, -0.25) is 4.79 Å². The van der Waals surface area contributed by atoms with Gasteiger partial charge in [0.15, 0.2) is 15.7 Å². The number of nitrogens with two attached hydrogens (primary N) is 1. The van der Waals surface area contributed by atoms with Crippen molar-refractivity contribution in [3.05, 3.63) is 71.9 Å². The van der Waals surface area contributed by atoms with E-state index in [0.717, 1.165) is 5.56 Å². The Bertz CT molecular complexity index is 1240. The Morgan fingerprint density at radius 3 is 2.27 bits per heavy atom. The Morgan fingerprint density at radius 1 is 0.967 bits per heavy atom. The maximum Gasteiger partial charge on any atom is 0.315 e. The normalized spacial score (nSPS) is 11.9. The van der Waals surface area contributed by atoms with Gasteiger partial charge in [0.05, 0.1) is 9.79 Å². The largest absolute Gasteiger partial charge is 0.347 e. The highest BCUT2D eigenvalue weighted by Crippen LogP contribution is 2.14. The van der Waals surface area contributed by atoms with Gasteiger partial charge in [-0.05, 0) is 36.2 Å². The van der Waals surface area contributed by atoms with Crippen LogP contribution in [0, 0.1) is 0 Å². The molecule has 0 aliphatic heterocycles. The molecule has 1 amide bonds. The number of rotatable bonds is 8. The Kier molecular flexibility index (Phi) is 6.29. The number of sulfonamides is 1. The van der Waals surface area contributed by atoms with Crippen molar-refractivity contribution in [1.82, 2.24) is 15.5 Å². The molecule has 10 nitrogen and oxygen atoms in total. The quantitative estimate of drug-likeness (QED) is 0.506. The van der Waals surface area contributed by atoms with Crippen molar-refractivity contribution in [2.75, 3.05) is 6.54 Å². The van der Waals surface area contributed by atoms with Gasteiger partial charge in [-0.25, -0.2) is 22.0 Å². The first kappa shape index (κ1) is 21.6. The highest BCUT2D eigenvalue weighted by Gasteiger charge is 2.21. The van der Waals surface area contributed by atoms with E-state index in [4.69, 9.17) is 9.66 Å². The summed E-state index contributed by atoms with van der Waals surface area (Å²) in [5, 5.41) is 11.2. The van der Waals surface area contributed by atoms with Gasteiger partial charge in [0.25, 0.3) is 0 Å². The van der Waals surface area contributed by atoms with Crippen LogP contribution in [0.4, 0.5) is 0 Å². The summed E-state index contributed by atoms with van der Waals surface area (Å²) < 4.78 is 52.0. The Balaban J connectivity index is 1.55. The van der Waals surface area contributed by atoms with E-state index in [1.54, 1.807) is 30.3 Å². The second kappa shape index (κ2) is 8.73. The van der Waals surface area contributed by atoms with E-state index in [1.165, 1.54) is 24.3 Å². The molecule has 1 aromatic heterocycles.